The van der Waals surface area contributed by atoms with Crippen LogP contribution in [0.1, 0.15) is 28.3 Å². The van der Waals surface area contributed by atoms with Crippen LogP contribution in [0.2, 0.25) is 0 Å². The zero-order chi connectivity index (χ0) is 7.84. The summed E-state index contributed by atoms with van der Waals surface area (Å²) in [4.78, 5) is 2.94. The van der Waals surface area contributed by atoms with E-state index in [9.17, 15) is 0 Å². The third kappa shape index (κ3) is 1.21. The summed E-state index contributed by atoms with van der Waals surface area (Å²) in [6.07, 6.45) is 1.43. The lowest BCUT2D eigenvalue weighted by molar-refractivity contribution is 0.0568. The van der Waals surface area contributed by atoms with Crippen molar-refractivity contribution in [2.75, 3.05) is 6.61 Å². The summed E-state index contributed by atoms with van der Waals surface area (Å²) < 4.78 is 5.52. The minimum absolute atomic E-state index is 0.323. The molecule has 60 valence electrons. The van der Waals surface area contributed by atoms with Crippen LogP contribution < -0.4 is 0 Å². The van der Waals surface area contributed by atoms with E-state index in [-0.39, 0.29) is 0 Å². The van der Waals surface area contributed by atoms with Gasteiger partial charge in [-0.25, -0.2) is 0 Å². The smallest absolute Gasteiger partial charge is 0.0807 e. The van der Waals surface area contributed by atoms with Gasteiger partial charge in [0.05, 0.1) is 12.7 Å². The average molecular weight is 168 g/mol. The minimum atomic E-state index is 0.323. The molecule has 2 rings (SSSR count). The summed E-state index contributed by atoms with van der Waals surface area (Å²) in [6, 6.07) is 2.25. The Labute approximate surface area is 71.0 Å². The Morgan fingerprint density at radius 1 is 1.64 bits per heavy atom. The zero-order valence-corrected chi connectivity index (χ0v) is 7.70. The molecule has 1 nitrogen and oxygen atoms in total. The molecule has 0 radical (unpaired) electrons. The fourth-order valence-corrected chi connectivity index (χ4v) is 2.64. The highest BCUT2D eigenvalue weighted by molar-refractivity contribution is 7.12. The summed E-state index contributed by atoms with van der Waals surface area (Å²) in [7, 11) is 0. The van der Waals surface area contributed by atoms with Crippen molar-refractivity contribution in [3.05, 3.63) is 21.4 Å². The Kier molecular flexibility index (Phi) is 1.74. The van der Waals surface area contributed by atoms with Crippen LogP contribution in [0.4, 0.5) is 0 Å². The molecule has 2 heterocycles. The summed E-state index contributed by atoms with van der Waals surface area (Å²) in [6.45, 7) is 5.19. The molecule has 2 heteroatoms. The second kappa shape index (κ2) is 2.61. The number of aryl methyl sites for hydroxylation is 1. The molecular weight excluding hydrogens is 156 g/mol. The number of hydrogen-bond donors (Lipinski definition) is 0. The van der Waals surface area contributed by atoms with E-state index in [0.717, 1.165) is 13.0 Å². The van der Waals surface area contributed by atoms with Gasteiger partial charge in [-0.3, -0.25) is 0 Å². The van der Waals surface area contributed by atoms with Crippen molar-refractivity contribution in [3.8, 4) is 0 Å². The molecule has 1 aliphatic heterocycles. The molecule has 0 aromatic carbocycles. The topological polar surface area (TPSA) is 9.23 Å². The molecule has 0 fully saturated rings. The van der Waals surface area contributed by atoms with Crippen LogP contribution in [-0.2, 0) is 11.2 Å². The number of hydrogen-bond acceptors (Lipinski definition) is 2. The SMILES string of the molecule is Cc1cc2c(s1)CCO[C@@H]2C. The number of thiophene rings is 1. The first-order valence-electron chi connectivity index (χ1n) is 3.98. The van der Waals surface area contributed by atoms with E-state index in [2.05, 4.69) is 19.9 Å². The van der Waals surface area contributed by atoms with E-state index in [0.29, 0.717) is 6.10 Å². The Morgan fingerprint density at radius 2 is 2.45 bits per heavy atom. The lowest BCUT2D eigenvalue weighted by Crippen LogP contribution is -2.10. The van der Waals surface area contributed by atoms with Crippen molar-refractivity contribution in [2.45, 2.75) is 26.4 Å². The number of rotatable bonds is 0. The van der Waals surface area contributed by atoms with Crippen LogP contribution in [-0.4, -0.2) is 6.61 Å². The van der Waals surface area contributed by atoms with Gasteiger partial charge < -0.3 is 4.74 Å². The molecule has 1 aromatic heterocycles. The van der Waals surface area contributed by atoms with Gasteiger partial charge in [0.25, 0.3) is 0 Å². The molecule has 11 heavy (non-hydrogen) atoms. The van der Waals surface area contributed by atoms with Crippen molar-refractivity contribution < 1.29 is 4.74 Å². The van der Waals surface area contributed by atoms with Crippen molar-refractivity contribution in [3.63, 3.8) is 0 Å². The van der Waals surface area contributed by atoms with Gasteiger partial charge in [0, 0.05) is 16.2 Å². The van der Waals surface area contributed by atoms with E-state index < -0.39 is 0 Å². The van der Waals surface area contributed by atoms with E-state index in [1.165, 1.54) is 15.3 Å². The van der Waals surface area contributed by atoms with E-state index >= 15 is 0 Å². The Bertz CT molecular complexity index is 265. The first-order chi connectivity index (χ1) is 5.27. The average Bonchev–Trinajstić information content (AvgIpc) is 2.31. The lowest BCUT2D eigenvalue weighted by Gasteiger charge is -2.18. The van der Waals surface area contributed by atoms with Gasteiger partial charge in [-0.05, 0) is 25.5 Å². The monoisotopic (exact) mass is 168 g/mol. The largest absolute Gasteiger partial charge is 0.373 e. The van der Waals surface area contributed by atoms with E-state index in [1.54, 1.807) is 0 Å². The van der Waals surface area contributed by atoms with Crippen LogP contribution in [0.5, 0.6) is 0 Å². The van der Waals surface area contributed by atoms with Gasteiger partial charge >= 0.3 is 0 Å². The highest BCUT2D eigenvalue weighted by Crippen LogP contribution is 2.32. The predicted octanol–water partition coefficient (Wildman–Crippen LogP) is 2.69. The first kappa shape index (κ1) is 7.32. The van der Waals surface area contributed by atoms with Crippen LogP contribution in [0.3, 0.4) is 0 Å². The second-order valence-corrected chi connectivity index (χ2v) is 4.34. The molecule has 0 amide bonds. The van der Waals surface area contributed by atoms with Crippen molar-refractivity contribution in [1.29, 1.82) is 0 Å². The highest BCUT2D eigenvalue weighted by atomic mass is 32.1. The van der Waals surface area contributed by atoms with Crippen LogP contribution in [0, 0.1) is 6.92 Å². The predicted molar refractivity (Wildman–Crippen MR) is 47.1 cm³/mol. The van der Waals surface area contributed by atoms with Gasteiger partial charge in [0.1, 0.15) is 0 Å². The maximum atomic E-state index is 5.52. The molecule has 0 saturated carbocycles. The third-order valence-corrected chi connectivity index (χ3v) is 3.23. The van der Waals surface area contributed by atoms with Gasteiger partial charge in [-0.2, -0.15) is 0 Å². The molecule has 0 unspecified atom stereocenters. The minimum Gasteiger partial charge on any atom is -0.373 e. The van der Waals surface area contributed by atoms with Crippen molar-refractivity contribution in [1.82, 2.24) is 0 Å². The van der Waals surface area contributed by atoms with Crippen LogP contribution in [0.25, 0.3) is 0 Å². The quantitative estimate of drug-likeness (QED) is 0.578. The zero-order valence-electron chi connectivity index (χ0n) is 6.89. The second-order valence-electron chi connectivity index (χ2n) is 3.00. The van der Waals surface area contributed by atoms with Gasteiger partial charge in [0.15, 0.2) is 0 Å². The third-order valence-electron chi connectivity index (χ3n) is 2.10. The van der Waals surface area contributed by atoms with Crippen molar-refractivity contribution in [2.24, 2.45) is 0 Å². The fraction of sp³-hybridized carbons (Fsp3) is 0.556. The normalized spacial score (nSPS) is 23.3. The van der Waals surface area contributed by atoms with E-state index in [4.69, 9.17) is 4.74 Å². The summed E-state index contributed by atoms with van der Waals surface area (Å²) in [5, 5.41) is 0. The molecule has 0 bridgehead atoms. The molecule has 0 N–H and O–H groups in total. The molecule has 0 aliphatic carbocycles. The number of fused-ring (bicyclic) bond motifs is 1. The molecule has 1 atom stereocenters. The van der Waals surface area contributed by atoms with Gasteiger partial charge in [0.2, 0.25) is 0 Å². The summed E-state index contributed by atoms with van der Waals surface area (Å²) in [5.74, 6) is 0. The number of ether oxygens (including phenoxy) is 1. The van der Waals surface area contributed by atoms with Gasteiger partial charge in [-0.1, -0.05) is 0 Å². The molecule has 0 saturated heterocycles. The first-order valence-corrected chi connectivity index (χ1v) is 4.80. The standard InChI is InChI=1S/C9H12OS/c1-6-5-8-7(2)10-4-3-9(8)11-6/h5,7H,3-4H2,1-2H3/t7-/m1/s1. The summed E-state index contributed by atoms with van der Waals surface area (Å²) in [5.41, 5.74) is 1.42. The maximum Gasteiger partial charge on any atom is 0.0807 e. The van der Waals surface area contributed by atoms with Crippen LogP contribution >= 0.6 is 11.3 Å². The Hall–Kier alpha value is -0.340. The molecule has 0 spiro atoms. The molecule has 1 aliphatic rings. The van der Waals surface area contributed by atoms with Crippen molar-refractivity contribution >= 4 is 11.3 Å². The van der Waals surface area contributed by atoms with Gasteiger partial charge in [-0.15, -0.1) is 11.3 Å². The van der Waals surface area contributed by atoms with Crippen LogP contribution in [0.15, 0.2) is 6.07 Å². The fourth-order valence-electron chi connectivity index (χ4n) is 1.54. The Morgan fingerprint density at radius 3 is 3.18 bits per heavy atom. The maximum absolute atomic E-state index is 5.52. The molecule has 1 aromatic rings. The Balaban J connectivity index is 2.43. The summed E-state index contributed by atoms with van der Waals surface area (Å²) >= 11 is 1.91. The molecular formula is C9H12OS. The lowest BCUT2D eigenvalue weighted by atomic mass is 10.1. The highest BCUT2D eigenvalue weighted by Gasteiger charge is 2.18. The van der Waals surface area contributed by atoms with E-state index in [1.807, 2.05) is 11.3 Å².